The maximum absolute atomic E-state index is 6.15. The van der Waals surface area contributed by atoms with Crippen LogP contribution in [0.5, 0.6) is 5.75 Å². The van der Waals surface area contributed by atoms with E-state index < -0.39 is 7.12 Å². The molecule has 3 rings (SSSR count). The Morgan fingerprint density at radius 2 is 1.81 bits per heavy atom. The first-order valence-corrected chi connectivity index (χ1v) is 7.67. The van der Waals surface area contributed by atoms with Gasteiger partial charge in [0.1, 0.15) is 5.75 Å². The van der Waals surface area contributed by atoms with Crippen LogP contribution in [0, 0.1) is 0 Å². The van der Waals surface area contributed by atoms with E-state index in [0.717, 1.165) is 29.6 Å². The largest absolute Gasteiger partial charge is 0.498 e. The number of nitrogens with two attached hydrogens (primary N) is 1. The van der Waals surface area contributed by atoms with Crippen molar-refractivity contribution in [2.75, 3.05) is 0 Å². The molecule has 1 aliphatic carbocycles. The van der Waals surface area contributed by atoms with Crippen LogP contribution in [0.15, 0.2) is 18.2 Å². The van der Waals surface area contributed by atoms with Gasteiger partial charge in [-0.3, -0.25) is 0 Å². The van der Waals surface area contributed by atoms with Crippen LogP contribution in [0.2, 0.25) is 0 Å². The minimum Gasteiger partial charge on any atom is -0.491 e. The second-order valence-corrected chi connectivity index (χ2v) is 6.98. The number of benzene rings is 1. The van der Waals surface area contributed by atoms with E-state index in [1.807, 2.05) is 18.2 Å². The predicted molar refractivity (Wildman–Crippen MR) is 83.7 cm³/mol. The second-order valence-electron chi connectivity index (χ2n) is 6.98. The van der Waals surface area contributed by atoms with Gasteiger partial charge < -0.3 is 19.8 Å². The molecule has 4 nitrogen and oxygen atoms in total. The molecule has 0 aromatic heterocycles. The maximum Gasteiger partial charge on any atom is 0.498 e. The van der Waals surface area contributed by atoms with E-state index in [-0.39, 0.29) is 11.2 Å². The van der Waals surface area contributed by atoms with Crippen molar-refractivity contribution < 1.29 is 14.0 Å². The average molecular weight is 289 g/mol. The van der Waals surface area contributed by atoms with E-state index in [0.29, 0.717) is 12.6 Å². The van der Waals surface area contributed by atoms with Gasteiger partial charge in [-0.15, -0.1) is 0 Å². The van der Waals surface area contributed by atoms with Crippen LogP contribution in [0.25, 0.3) is 0 Å². The fourth-order valence-electron chi connectivity index (χ4n) is 2.35. The van der Waals surface area contributed by atoms with Crippen molar-refractivity contribution in [3.05, 3.63) is 23.8 Å². The van der Waals surface area contributed by atoms with E-state index in [1.165, 1.54) is 0 Å². The smallest absolute Gasteiger partial charge is 0.491 e. The lowest BCUT2D eigenvalue weighted by molar-refractivity contribution is 0.00578. The Morgan fingerprint density at radius 1 is 1.19 bits per heavy atom. The van der Waals surface area contributed by atoms with Crippen molar-refractivity contribution >= 4 is 12.6 Å². The number of ether oxygens (including phenoxy) is 1. The van der Waals surface area contributed by atoms with Crippen LogP contribution in [0.1, 0.15) is 46.1 Å². The molecule has 1 saturated carbocycles. The van der Waals surface area contributed by atoms with Crippen LogP contribution in [0.4, 0.5) is 0 Å². The lowest BCUT2D eigenvalue weighted by Gasteiger charge is -2.32. The normalized spacial score (nSPS) is 23.4. The lowest BCUT2D eigenvalue weighted by atomic mass is 9.77. The lowest BCUT2D eigenvalue weighted by Crippen LogP contribution is -2.41. The quantitative estimate of drug-likeness (QED) is 0.861. The number of hydrogen-bond donors (Lipinski definition) is 1. The van der Waals surface area contributed by atoms with Gasteiger partial charge in [-0.25, -0.2) is 0 Å². The minimum absolute atomic E-state index is 0.342. The highest BCUT2D eigenvalue weighted by molar-refractivity contribution is 6.63. The van der Waals surface area contributed by atoms with Gasteiger partial charge in [-0.1, -0.05) is 12.1 Å². The Labute approximate surface area is 127 Å². The van der Waals surface area contributed by atoms with Crippen LogP contribution in [0.3, 0.4) is 0 Å². The maximum atomic E-state index is 6.15. The van der Waals surface area contributed by atoms with Crippen molar-refractivity contribution in [2.24, 2.45) is 5.73 Å². The zero-order valence-electron chi connectivity index (χ0n) is 13.3. The molecule has 2 fully saturated rings. The molecular weight excluding hydrogens is 265 g/mol. The fraction of sp³-hybridized carbons (Fsp3) is 0.625. The predicted octanol–water partition coefficient (Wildman–Crippen LogP) is 1.99. The summed E-state index contributed by atoms with van der Waals surface area (Å²) in [4.78, 5) is 0. The van der Waals surface area contributed by atoms with E-state index in [9.17, 15) is 0 Å². The van der Waals surface area contributed by atoms with Gasteiger partial charge in [-0.05, 0) is 52.2 Å². The third-order valence-corrected chi connectivity index (χ3v) is 4.64. The minimum atomic E-state index is -0.407. The average Bonchev–Trinajstić information content (AvgIpc) is 3.18. The molecule has 0 unspecified atom stereocenters. The van der Waals surface area contributed by atoms with Gasteiger partial charge >= 0.3 is 7.12 Å². The van der Waals surface area contributed by atoms with Gasteiger partial charge in [-0.2, -0.15) is 0 Å². The standard InChI is InChI=1S/C16H24BNO3/c1-15(2)16(3,4)21-17(20-15)13-9-11(10-18)5-8-14(13)19-12-6-7-12/h5,8-9,12H,6-7,10,18H2,1-4H3. The first-order chi connectivity index (χ1) is 9.82. The van der Waals surface area contributed by atoms with E-state index >= 15 is 0 Å². The fourth-order valence-corrected chi connectivity index (χ4v) is 2.35. The molecule has 5 heteroatoms. The van der Waals surface area contributed by atoms with Crippen molar-refractivity contribution in [1.29, 1.82) is 0 Å². The Morgan fingerprint density at radius 3 is 2.33 bits per heavy atom. The van der Waals surface area contributed by atoms with Crippen LogP contribution in [-0.4, -0.2) is 24.4 Å². The second kappa shape index (κ2) is 5.01. The Balaban J connectivity index is 1.92. The molecule has 2 aliphatic rings. The van der Waals surface area contributed by atoms with Crippen molar-refractivity contribution in [2.45, 2.75) is 64.4 Å². The molecule has 0 amide bonds. The molecule has 0 radical (unpaired) electrons. The molecule has 0 spiro atoms. The highest BCUT2D eigenvalue weighted by Gasteiger charge is 2.52. The van der Waals surface area contributed by atoms with Crippen molar-refractivity contribution in [1.82, 2.24) is 0 Å². The summed E-state index contributed by atoms with van der Waals surface area (Å²) >= 11 is 0. The Kier molecular flexibility index (Phi) is 3.55. The molecule has 1 heterocycles. The van der Waals surface area contributed by atoms with E-state index in [2.05, 4.69) is 27.7 Å². The van der Waals surface area contributed by atoms with Gasteiger partial charge in [0.25, 0.3) is 0 Å². The molecule has 2 N–H and O–H groups in total. The summed E-state index contributed by atoms with van der Waals surface area (Å²) in [7, 11) is -0.407. The van der Waals surface area contributed by atoms with Gasteiger partial charge in [0, 0.05) is 12.0 Å². The van der Waals surface area contributed by atoms with Crippen LogP contribution in [-0.2, 0) is 15.9 Å². The summed E-state index contributed by atoms with van der Waals surface area (Å²) in [5.41, 5.74) is 7.06. The first-order valence-electron chi connectivity index (χ1n) is 7.67. The van der Waals surface area contributed by atoms with E-state index in [4.69, 9.17) is 19.8 Å². The van der Waals surface area contributed by atoms with Crippen LogP contribution >= 0.6 is 0 Å². The Hall–Kier alpha value is -1.04. The van der Waals surface area contributed by atoms with Gasteiger partial charge in [0.2, 0.25) is 0 Å². The number of rotatable bonds is 4. The van der Waals surface area contributed by atoms with Crippen LogP contribution < -0.4 is 15.9 Å². The van der Waals surface area contributed by atoms with Crippen molar-refractivity contribution in [3.63, 3.8) is 0 Å². The highest BCUT2D eigenvalue weighted by Crippen LogP contribution is 2.37. The highest BCUT2D eigenvalue weighted by atomic mass is 16.7. The SMILES string of the molecule is CC1(C)OB(c2cc(CN)ccc2OC2CC2)OC1(C)C. The number of hydrogen-bond acceptors (Lipinski definition) is 4. The molecular formula is C16H24BNO3. The van der Waals surface area contributed by atoms with Gasteiger partial charge in [0.15, 0.2) is 0 Å². The molecule has 1 saturated heterocycles. The molecule has 21 heavy (non-hydrogen) atoms. The zero-order chi connectivity index (χ0) is 15.3. The van der Waals surface area contributed by atoms with E-state index in [1.54, 1.807) is 0 Å². The van der Waals surface area contributed by atoms with Crippen molar-refractivity contribution in [3.8, 4) is 5.75 Å². The summed E-state index contributed by atoms with van der Waals surface area (Å²) in [5, 5.41) is 0. The third kappa shape index (κ3) is 2.82. The first kappa shape index (κ1) is 14.9. The molecule has 114 valence electrons. The summed E-state index contributed by atoms with van der Waals surface area (Å²) in [6.07, 6.45) is 2.60. The topological polar surface area (TPSA) is 53.7 Å². The summed E-state index contributed by atoms with van der Waals surface area (Å²) in [5.74, 6) is 0.855. The summed E-state index contributed by atoms with van der Waals surface area (Å²) in [6.45, 7) is 8.72. The monoisotopic (exact) mass is 289 g/mol. The Bertz CT molecular complexity index is 524. The zero-order valence-corrected chi connectivity index (χ0v) is 13.3. The molecule has 1 aromatic carbocycles. The summed E-state index contributed by atoms with van der Waals surface area (Å²) in [6, 6.07) is 6.03. The molecule has 1 aliphatic heterocycles. The molecule has 1 aromatic rings. The third-order valence-electron chi connectivity index (χ3n) is 4.64. The summed E-state index contributed by atoms with van der Waals surface area (Å²) < 4.78 is 18.3. The molecule has 0 atom stereocenters. The molecule has 0 bridgehead atoms. The van der Waals surface area contributed by atoms with Gasteiger partial charge in [0.05, 0.1) is 17.3 Å².